The van der Waals surface area contributed by atoms with Crippen molar-refractivity contribution in [1.29, 1.82) is 0 Å². The number of hydrogen-bond donors (Lipinski definition) is 6. The molecule has 336 valence electrons. The van der Waals surface area contributed by atoms with E-state index in [4.69, 9.17) is 33.2 Å². The number of ether oxygens (including phenoxy) is 7. The molecule has 15 nitrogen and oxygen atoms in total. The van der Waals surface area contributed by atoms with Crippen molar-refractivity contribution < 1.29 is 73.4 Å². The van der Waals surface area contributed by atoms with Crippen LogP contribution in [0.1, 0.15) is 120 Å². The van der Waals surface area contributed by atoms with Gasteiger partial charge in [-0.15, -0.1) is 0 Å². The molecule has 3 heterocycles. The number of rotatable bonds is 8. The Morgan fingerprint density at radius 2 is 1.34 bits per heavy atom. The summed E-state index contributed by atoms with van der Waals surface area (Å²) in [5.41, 5.74) is -3.16. The zero-order valence-corrected chi connectivity index (χ0v) is 36.3. The molecule has 0 aromatic carbocycles. The maximum absolute atomic E-state index is 12.3. The van der Waals surface area contributed by atoms with Crippen molar-refractivity contribution in [2.75, 3.05) is 13.2 Å². The molecule has 15 heteroatoms. The van der Waals surface area contributed by atoms with Gasteiger partial charge in [0.15, 0.2) is 24.8 Å². The number of esters is 2. The lowest BCUT2D eigenvalue weighted by atomic mass is 9.41. The summed E-state index contributed by atoms with van der Waals surface area (Å²) in [6.07, 6.45) is -5.24. The molecule has 6 N–H and O–H groups in total. The Hall–Kier alpha value is -1.50. The molecule has 8 aliphatic rings. The van der Waals surface area contributed by atoms with E-state index >= 15 is 0 Å². The second-order valence-electron chi connectivity index (χ2n) is 21.8. The summed E-state index contributed by atoms with van der Waals surface area (Å²) >= 11 is 0. The average Bonchev–Trinajstić information content (AvgIpc) is 3.49. The first-order valence-corrected chi connectivity index (χ1v) is 22.0. The number of aliphatic hydroxyl groups excluding tert-OH is 5. The maximum atomic E-state index is 12.3. The Labute approximate surface area is 347 Å². The first-order chi connectivity index (χ1) is 27.3. The van der Waals surface area contributed by atoms with E-state index in [1.54, 1.807) is 13.8 Å². The molecule has 8 rings (SSSR count). The summed E-state index contributed by atoms with van der Waals surface area (Å²) in [4.78, 5) is 24.4. The van der Waals surface area contributed by atoms with Gasteiger partial charge in [0.1, 0.15) is 24.4 Å². The fourth-order valence-electron chi connectivity index (χ4n) is 15.2. The highest BCUT2D eigenvalue weighted by molar-refractivity contribution is 5.67. The van der Waals surface area contributed by atoms with Gasteiger partial charge in [0.05, 0.1) is 48.8 Å². The number of aliphatic hydroxyl groups is 6. The molecule has 2 spiro atoms. The van der Waals surface area contributed by atoms with Gasteiger partial charge in [0, 0.05) is 19.8 Å². The molecular weight excluding hydrogens is 768 g/mol. The highest BCUT2D eigenvalue weighted by Gasteiger charge is 2.85. The van der Waals surface area contributed by atoms with Crippen LogP contribution < -0.4 is 0 Å². The third kappa shape index (κ3) is 6.60. The van der Waals surface area contributed by atoms with Crippen molar-refractivity contribution in [2.24, 2.45) is 44.8 Å². The van der Waals surface area contributed by atoms with Gasteiger partial charge in [0.25, 0.3) is 0 Å². The van der Waals surface area contributed by atoms with Crippen molar-refractivity contribution in [1.82, 2.24) is 0 Å². The molecule has 5 saturated carbocycles. The predicted molar refractivity (Wildman–Crippen MR) is 207 cm³/mol. The maximum Gasteiger partial charge on any atom is 0.303 e. The van der Waals surface area contributed by atoms with Gasteiger partial charge in [-0.05, 0) is 117 Å². The van der Waals surface area contributed by atoms with E-state index in [0.29, 0.717) is 25.7 Å². The fraction of sp³-hybridized carbons (Fsp3) is 0.955. The first kappa shape index (κ1) is 44.1. The van der Waals surface area contributed by atoms with Crippen molar-refractivity contribution in [2.45, 2.75) is 205 Å². The van der Waals surface area contributed by atoms with Gasteiger partial charge >= 0.3 is 11.9 Å². The Bertz CT molecular complexity index is 1630. The molecule has 3 aliphatic heterocycles. The number of hydrogen-bond acceptors (Lipinski definition) is 15. The van der Waals surface area contributed by atoms with Crippen LogP contribution in [0.5, 0.6) is 0 Å². The van der Waals surface area contributed by atoms with Crippen LogP contribution in [0, 0.1) is 44.8 Å². The van der Waals surface area contributed by atoms with E-state index in [2.05, 4.69) is 34.6 Å². The number of carbonyl (C=O) groups is 2. The SMILES string of the molecule is CC(=O)O[C@H]1[C@@H](O[C@@H]2CC[C@]34C[C@]35CC[C@]3(C)[C@H]([C@]6(C)CC[C@@H](C(C)(C)O)O6)[C@@H](O)C[C@@]3(C)[C@@H]5C[C@H](O[C@@H]3OC[C@H](O)[C@H](O)[C@@H]3O)[C@H]4C2(C)C)OC[C@@H](O)[C@H]1OC(C)=O. The van der Waals surface area contributed by atoms with Gasteiger partial charge in [-0.3, -0.25) is 9.59 Å². The largest absolute Gasteiger partial charge is 0.455 e. The number of carbonyl (C=O) groups excluding carboxylic acids is 2. The van der Waals surface area contributed by atoms with Crippen LogP contribution in [-0.2, 0) is 42.7 Å². The molecule has 0 amide bonds. The molecule has 3 saturated heterocycles. The smallest absolute Gasteiger partial charge is 0.303 e. The minimum atomic E-state index is -1.49. The summed E-state index contributed by atoms with van der Waals surface area (Å²) in [6.45, 7) is 16.7. The van der Waals surface area contributed by atoms with Gasteiger partial charge < -0.3 is 63.8 Å². The lowest BCUT2D eigenvalue weighted by molar-refractivity contribution is -0.327. The Kier molecular flexibility index (Phi) is 10.9. The molecule has 0 bridgehead atoms. The van der Waals surface area contributed by atoms with E-state index in [1.165, 1.54) is 13.8 Å². The van der Waals surface area contributed by atoms with Gasteiger partial charge in [0.2, 0.25) is 0 Å². The zero-order valence-electron chi connectivity index (χ0n) is 36.3. The quantitative estimate of drug-likeness (QED) is 0.153. The van der Waals surface area contributed by atoms with Crippen LogP contribution in [0.3, 0.4) is 0 Å². The molecule has 0 aromatic rings. The Morgan fingerprint density at radius 3 is 1.98 bits per heavy atom. The highest BCUT2D eigenvalue weighted by atomic mass is 16.7. The third-order valence-electron chi connectivity index (χ3n) is 17.8. The lowest BCUT2D eigenvalue weighted by Gasteiger charge is -2.65. The number of fused-ring (bicyclic) bond motifs is 2. The third-order valence-corrected chi connectivity index (χ3v) is 17.8. The topological polar surface area (TPSA) is 220 Å². The van der Waals surface area contributed by atoms with Crippen LogP contribution in [-0.4, -0.2) is 141 Å². The monoisotopic (exact) mass is 838 g/mol. The molecule has 0 unspecified atom stereocenters. The molecule has 8 fully saturated rings. The molecule has 5 aliphatic carbocycles. The van der Waals surface area contributed by atoms with Crippen molar-refractivity contribution in [3.63, 3.8) is 0 Å². The predicted octanol–water partition coefficient (Wildman–Crippen LogP) is 2.50. The second kappa shape index (κ2) is 14.5. The summed E-state index contributed by atoms with van der Waals surface area (Å²) < 4.78 is 43.5. The second-order valence-corrected chi connectivity index (χ2v) is 21.8. The van der Waals surface area contributed by atoms with Gasteiger partial charge in [-0.1, -0.05) is 27.7 Å². The van der Waals surface area contributed by atoms with Crippen LogP contribution in [0.25, 0.3) is 0 Å². The van der Waals surface area contributed by atoms with E-state index < -0.39 is 96.1 Å². The summed E-state index contributed by atoms with van der Waals surface area (Å²) in [7, 11) is 0. The molecular formula is C44H70O15. The van der Waals surface area contributed by atoms with Crippen LogP contribution in [0.2, 0.25) is 0 Å². The summed E-state index contributed by atoms with van der Waals surface area (Å²) in [5.74, 6) is -1.47. The highest BCUT2D eigenvalue weighted by Crippen LogP contribution is 2.89. The van der Waals surface area contributed by atoms with Crippen LogP contribution >= 0.6 is 0 Å². The standard InChI is InChI=1S/C44H70O15/c1-21(45)55-32-25(49)19-54-37(33(32)56-22(2)46)58-28-11-13-44-20-43(44)15-14-40(7)34(42(9)12-10-29(59-42)39(5,6)52)23(47)17-41(40,8)27(43)16-26(35(44)38(28,3)4)57-36-31(51)30(50)24(48)18-53-36/h23-37,47-52H,10-20H2,1-9H3/t23-,24-,25+,26-,27-,28+,29-,30-,31-,32+,33+,34+,35-,36-,37+,40+,41-,42-,43-,44+/m0/s1. The van der Waals surface area contributed by atoms with Crippen molar-refractivity contribution in [3.8, 4) is 0 Å². The fourth-order valence-corrected chi connectivity index (χ4v) is 15.2. The van der Waals surface area contributed by atoms with Crippen LogP contribution in [0.15, 0.2) is 0 Å². The Morgan fingerprint density at radius 1 is 0.695 bits per heavy atom. The van der Waals surface area contributed by atoms with Crippen molar-refractivity contribution in [3.05, 3.63) is 0 Å². The van der Waals surface area contributed by atoms with E-state index in [0.717, 1.165) is 32.1 Å². The van der Waals surface area contributed by atoms with E-state index in [1.807, 2.05) is 0 Å². The first-order valence-electron chi connectivity index (χ1n) is 22.0. The van der Waals surface area contributed by atoms with E-state index in [-0.39, 0.29) is 58.7 Å². The normalized spacial score (nSPS) is 54.0. The molecule has 0 radical (unpaired) electrons. The zero-order chi connectivity index (χ0) is 43.0. The van der Waals surface area contributed by atoms with Crippen molar-refractivity contribution >= 4 is 11.9 Å². The van der Waals surface area contributed by atoms with Gasteiger partial charge in [-0.2, -0.15) is 0 Å². The summed E-state index contributed by atoms with van der Waals surface area (Å²) in [6, 6.07) is 0. The average molecular weight is 839 g/mol. The minimum Gasteiger partial charge on any atom is -0.455 e. The molecule has 59 heavy (non-hydrogen) atoms. The minimum absolute atomic E-state index is 0.0659. The van der Waals surface area contributed by atoms with Crippen LogP contribution in [0.4, 0.5) is 0 Å². The Balaban J connectivity index is 1.13. The van der Waals surface area contributed by atoms with Gasteiger partial charge in [-0.25, -0.2) is 0 Å². The molecule has 20 atom stereocenters. The lowest BCUT2D eigenvalue weighted by Crippen LogP contribution is -2.65. The summed E-state index contributed by atoms with van der Waals surface area (Å²) in [5, 5.41) is 66.3. The van der Waals surface area contributed by atoms with E-state index in [9.17, 15) is 40.2 Å². The molecule has 0 aromatic heterocycles.